The van der Waals surface area contributed by atoms with Crippen LogP contribution >= 0.6 is 11.3 Å². The maximum atomic E-state index is 4.61. The maximum Gasteiger partial charge on any atom is 0.184 e. The second-order valence-corrected chi connectivity index (χ2v) is 5.88. The lowest BCUT2D eigenvalue weighted by Crippen LogP contribution is -2.29. The van der Waals surface area contributed by atoms with Crippen LogP contribution in [0.1, 0.15) is 32.8 Å². The number of aryl methyl sites for hydroxylation is 1. The van der Waals surface area contributed by atoms with Crippen molar-refractivity contribution in [2.75, 3.05) is 5.32 Å². The average Bonchev–Trinajstić information content (AvgIpc) is 2.58. The fourth-order valence-electron chi connectivity index (χ4n) is 1.47. The summed E-state index contributed by atoms with van der Waals surface area (Å²) in [6, 6.07) is 6.41. The normalized spacial score (nSPS) is 12.0. The molecule has 0 bridgehead atoms. The Kier molecular flexibility index (Phi) is 2.89. The Labute approximate surface area is 101 Å². The second-order valence-electron chi connectivity index (χ2n) is 4.85. The first kappa shape index (κ1) is 11.4. The topological polar surface area (TPSA) is 24.9 Å². The maximum absolute atomic E-state index is 4.61. The van der Waals surface area contributed by atoms with Crippen LogP contribution in [0.5, 0.6) is 0 Å². The van der Waals surface area contributed by atoms with Crippen LogP contribution in [-0.2, 0) is 0 Å². The molecule has 2 rings (SSSR count). The van der Waals surface area contributed by atoms with Gasteiger partial charge < -0.3 is 5.32 Å². The van der Waals surface area contributed by atoms with Crippen LogP contribution in [0.2, 0.25) is 0 Å². The second kappa shape index (κ2) is 4.06. The summed E-state index contributed by atoms with van der Waals surface area (Å²) in [6.07, 6.45) is 1.09. The summed E-state index contributed by atoms with van der Waals surface area (Å²) >= 11 is 1.73. The quantitative estimate of drug-likeness (QED) is 0.860. The number of nitrogens with zero attached hydrogens (tertiary/aromatic N) is 1. The molecule has 0 spiro atoms. The first-order valence-corrected chi connectivity index (χ1v) is 6.47. The summed E-state index contributed by atoms with van der Waals surface area (Å²) in [7, 11) is 0. The molecule has 1 aromatic carbocycles. The van der Waals surface area contributed by atoms with Gasteiger partial charge in [-0.15, -0.1) is 0 Å². The van der Waals surface area contributed by atoms with Crippen molar-refractivity contribution in [2.24, 2.45) is 0 Å². The third-order valence-corrected chi connectivity index (χ3v) is 3.82. The largest absolute Gasteiger partial charge is 0.357 e. The molecule has 16 heavy (non-hydrogen) atoms. The zero-order chi connectivity index (χ0) is 11.8. The van der Waals surface area contributed by atoms with Crippen LogP contribution in [0, 0.1) is 6.92 Å². The van der Waals surface area contributed by atoms with E-state index in [1.165, 1.54) is 10.3 Å². The third kappa shape index (κ3) is 2.35. The van der Waals surface area contributed by atoms with E-state index in [0.29, 0.717) is 0 Å². The molecule has 3 heteroatoms. The fourth-order valence-corrected chi connectivity index (χ4v) is 2.49. The standard InChI is InChI=1S/C13H18N2S/c1-5-13(3,4)15-12-14-10-8-9(2)6-7-11(10)16-12/h6-8H,5H2,1-4H3,(H,14,15). The van der Waals surface area contributed by atoms with Gasteiger partial charge in [0.05, 0.1) is 10.2 Å². The molecule has 0 aliphatic carbocycles. The zero-order valence-corrected chi connectivity index (χ0v) is 11.1. The number of hydrogen-bond acceptors (Lipinski definition) is 3. The van der Waals surface area contributed by atoms with E-state index in [9.17, 15) is 0 Å². The lowest BCUT2D eigenvalue weighted by Gasteiger charge is -2.23. The highest BCUT2D eigenvalue weighted by molar-refractivity contribution is 7.22. The molecular weight excluding hydrogens is 216 g/mol. The molecule has 0 aliphatic rings. The number of hydrogen-bond donors (Lipinski definition) is 1. The number of thiazole rings is 1. The van der Waals surface area contributed by atoms with E-state index in [0.717, 1.165) is 17.1 Å². The van der Waals surface area contributed by atoms with Crippen molar-refractivity contribution in [3.05, 3.63) is 23.8 Å². The first-order valence-electron chi connectivity index (χ1n) is 5.65. The van der Waals surface area contributed by atoms with Crippen LogP contribution in [0.25, 0.3) is 10.2 Å². The van der Waals surface area contributed by atoms with Crippen molar-refractivity contribution < 1.29 is 0 Å². The van der Waals surface area contributed by atoms with E-state index < -0.39 is 0 Å². The van der Waals surface area contributed by atoms with Gasteiger partial charge in [0.1, 0.15) is 0 Å². The number of benzene rings is 1. The van der Waals surface area contributed by atoms with Gasteiger partial charge in [0.15, 0.2) is 5.13 Å². The predicted octanol–water partition coefficient (Wildman–Crippen LogP) is 4.21. The Bertz CT molecular complexity index is 500. The molecule has 2 aromatic rings. The molecule has 0 aliphatic heterocycles. The minimum absolute atomic E-state index is 0.114. The third-order valence-electron chi connectivity index (χ3n) is 2.87. The molecule has 0 saturated heterocycles. The monoisotopic (exact) mass is 234 g/mol. The van der Waals surface area contributed by atoms with Crippen molar-refractivity contribution in [1.29, 1.82) is 0 Å². The lowest BCUT2D eigenvalue weighted by molar-refractivity contribution is 0.547. The van der Waals surface area contributed by atoms with Crippen molar-refractivity contribution in [3.63, 3.8) is 0 Å². The lowest BCUT2D eigenvalue weighted by atomic mass is 10.0. The van der Waals surface area contributed by atoms with E-state index >= 15 is 0 Å². The number of nitrogens with one attached hydrogen (secondary N) is 1. The van der Waals surface area contributed by atoms with Gasteiger partial charge >= 0.3 is 0 Å². The summed E-state index contributed by atoms with van der Waals surface area (Å²) in [4.78, 5) is 4.61. The Balaban J connectivity index is 2.33. The van der Waals surface area contributed by atoms with Crippen LogP contribution in [-0.4, -0.2) is 10.5 Å². The van der Waals surface area contributed by atoms with E-state index in [4.69, 9.17) is 0 Å². The van der Waals surface area contributed by atoms with Gasteiger partial charge in [-0.25, -0.2) is 4.98 Å². The SMILES string of the molecule is CCC(C)(C)Nc1nc2cc(C)ccc2s1. The Hall–Kier alpha value is -1.09. The van der Waals surface area contributed by atoms with Crippen LogP contribution in [0.4, 0.5) is 5.13 Å². The highest BCUT2D eigenvalue weighted by Gasteiger charge is 2.16. The van der Waals surface area contributed by atoms with Crippen molar-refractivity contribution >= 4 is 26.7 Å². The average molecular weight is 234 g/mol. The van der Waals surface area contributed by atoms with E-state index in [1.807, 2.05) is 0 Å². The summed E-state index contributed by atoms with van der Waals surface area (Å²) in [5.41, 5.74) is 2.47. The molecule has 2 nitrogen and oxygen atoms in total. The minimum Gasteiger partial charge on any atom is -0.357 e. The van der Waals surface area contributed by atoms with E-state index in [-0.39, 0.29) is 5.54 Å². The van der Waals surface area contributed by atoms with Crippen LogP contribution in [0.3, 0.4) is 0 Å². The number of anilines is 1. The zero-order valence-electron chi connectivity index (χ0n) is 10.3. The summed E-state index contributed by atoms with van der Waals surface area (Å²) in [5, 5.41) is 4.51. The predicted molar refractivity (Wildman–Crippen MR) is 72.3 cm³/mol. The molecule has 1 heterocycles. The van der Waals surface area contributed by atoms with Gasteiger partial charge in [0.25, 0.3) is 0 Å². The smallest absolute Gasteiger partial charge is 0.184 e. The molecule has 0 fully saturated rings. The van der Waals surface area contributed by atoms with Crippen molar-refractivity contribution in [1.82, 2.24) is 4.98 Å². The molecule has 1 N–H and O–H groups in total. The fraction of sp³-hybridized carbons (Fsp3) is 0.462. The van der Waals surface area contributed by atoms with Gasteiger partial charge in [-0.2, -0.15) is 0 Å². The number of rotatable bonds is 3. The molecule has 0 saturated carbocycles. The van der Waals surface area contributed by atoms with E-state index in [2.05, 4.69) is 56.2 Å². The highest BCUT2D eigenvalue weighted by atomic mass is 32.1. The van der Waals surface area contributed by atoms with Crippen molar-refractivity contribution in [3.8, 4) is 0 Å². The molecular formula is C13H18N2S. The first-order chi connectivity index (χ1) is 7.50. The minimum atomic E-state index is 0.114. The van der Waals surface area contributed by atoms with Gasteiger partial charge in [-0.1, -0.05) is 24.3 Å². The summed E-state index contributed by atoms with van der Waals surface area (Å²) in [6.45, 7) is 8.68. The Morgan fingerprint density at radius 3 is 2.81 bits per heavy atom. The van der Waals surface area contributed by atoms with Crippen molar-refractivity contribution in [2.45, 2.75) is 39.7 Å². The Morgan fingerprint density at radius 1 is 1.38 bits per heavy atom. The van der Waals surface area contributed by atoms with Gasteiger partial charge in [0, 0.05) is 5.54 Å². The number of aromatic nitrogens is 1. The van der Waals surface area contributed by atoms with Crippen LogP contribution < -0.4 is 5.32 Å². The summed E-state index contributed by atoms with van der Waals surface area (Å²) in [5.74, 6) is 0. The molecule has 0 radical (unpaired) electrons. The molecule has 0 unspecified atom stereocenters. The highest BCUT2D eigenvalue weighted by Crippen LogP contribution is 2.29. The Morgan fingerprint density at radius 2 is 2.12 bits per heavy atom. The van der Waals surface area contributed by atoms with Crippen LogP contribution in [0.15, 0.2) is 18.2 Å². The van der Waals surface area contributed by atoms with Gasteiger partial charge in [0.2, 0.25) is 0 Å². The van der Waals surface area contributed by atoms with Gasteiger partial charge in [-0.3, -0.25) is 0 Å². The number of fused-ring (bicyclic) bond motifs is 1. The molecule has 0 atom stereocenters. The summed E-state index contributed by atoms with van der Waals surface area (Å²) < 4.78 is 1.25. The molecule has 86 valence electrons. The van der Waals surface area contributed by atoms with E-state index in [1.54, 1.807) is 11.3 Å². The molecule has 1 aromatic heterocycles. The molecule has 0 amide bonds. The van der Waals surface area contributed by atoms with Gasteiger partial charge in [-0.05, 0) is 44.9 Å².